The fourth-order valence-corrected chi connectivity index (χ4v) is 18.1. The quantitative estimate of drug-likeness (QED) is 0.0262. The van der Waals surface area contributed by atoms with Gasteiger partial charge >= 0.3 is 24.1 Å². The molecule has 764 valence electrons. The van der Waals surface area contributed by atoms with Crippen LogP contribution in [0.1, 0.15) is 193 Å². The largest absolute Gasteiger partial charge is 0.573 e. The Morgan fingerprint density at radius 1 is 0.372 bits per heavy atom. The molecule has 12 aromatic rings. The van der Waals surface area contributed by atoms with Gasteiger partial charge in [0.25, 0.3) is 29.0 Å². The Labute approximate surface area is 856 Å². The number of ether oxygens (including phenoxy) is 3. The molecule has 0 saturated carbocycles. The molecule has 4 atom stereocenters. The van der Waals surface area contributed by atoms with Crippen molar-refractivity contribution in [2.24, 2.45) is 0 Å². The average molecular weight is 2010 g/mol. The number of ketones is 4. The summed E-state index contributed by atoms with van der Waals surface area (Å²) in [5, 5.41) is 69.7. The van der Waals surface area contributed by atoms with Crippen molar-refractivity contribution in [3.05, 3.63) is 361 Å². The van der Waals surface area contributed by atoms with Crippen LogP contribution in [0.3, 0.4) is 0 Å². The number of halogens is 3. The lowest BCUT2D eigenvalue weighted by atomic mass is 9.92. The molecule has 0 aliphatic carbocycles. The van der Waals surface area contributed by atoms with E-state index in [9.17, 15) is 72.0 Å². The number of aliphatic hydroxyl groups excluding tert-OH is 4. The van der Waals surface area contributed by atoms with Gasteiger partial charge < -0.3 is 49.3 Å². The minimum Gasteiger partial charge on any atom is -0.507 e. The van der Waals surface area contributed by atoms with Crippen molar-refractivity contribution in [1.29, 1.82) is 0 Å². The fourth-order valence-electron chi connectivity index (χ4n) is 18.1. The van der Waals surface area contributed by atoms with Crippen LogP contribution in [0.15, 0.2) is 271 Å². The molecule has 4 amide bonds. The lowest BCUT2D eigenvalue weighted by molar-refractivity contribution is -0.274. The molecule has 8 aromatic carbocycles. The Balaban J connectivity index is 0.000000148. The number of aryl methyl sites for hydroxylation is 4. The van der Waals surface area contributed by atoms with Gasteiger partial charge in [-0.3, -0.25) is 67.8 Å². The van der Waals surface area contributed by atoms with Gasteiger partial charge in [0, 0.05) is 99.2 Å². The summed E-state index contributed by atoms with van der Waals surface area (Å²) in [5.41, 5.74) is 13.7. The number of rotatable bonds is 23. The van der Waals surface area contributed by atoms with Crippen LogP contribution in [-0.2, 0) is 43.1 Å². The van der Waals surface area contributed by atoms with E-state index in [4.69, 9.17) is 9.47 Å². The number of carbonyl (C=O) groups is 8. The van der Waals surface area contributed by atoms with Crippen molar-refractivity contribution >= 4 is 104 Å². The Bertz CT molecular complexity index is 6980. The van der Waals surface area contributed by atoms with Gasteiger partial charge in [-0.1, -0.05) is 189 Å². The number of pyridine rings is 1. The summed E-state index contributed by atoms with van der Waals surface area (Å²) < 4.78 is 53.1. The molecule has 148 heavy (non-hydrogen) atoms. The van der Waals surface area contributed by atoms with E-state index in [2.05, 4.69) is 117 Å². The summed E-state index contributed by atoms with van der Waals surface area (Å²) in [7, 11) is 5.80. The highest BCUT2D eigenvalue weighted by atomic mass is 19.4. The third-order valence-corrected chi connectivity index (χ3v) is 26.7. The molecule has 6 aliphatic heterocycles. The smallest absolute Gasteiger partial charge is 0.507 e. The average Bonchev–Trinajstić information content (AvgIpc) is 1.61. The van der Waals surface area contributed by atoms with Crippen molar-refractivity contribution < 1.29 is 86.2 Å². The van der Waals surface area contributed by atoms with E-state index in [1.165, 1.54) is 32.9 Å². The zero-order valence-electron chi connectivity index (χ0n) is 85.0. The Morgan fingerprint density at radius 2 is 0.676 bits per heavy atom. The maximum atomic E-state index is 13.4. The molecule has 0 spiro atoms. The topological polar surface area (TPSA) is 361 Å². The molecule has 0 bridgehead atoms. The number of morpholine rings is 1. The molecule has 4 aromatic heterocycles. The van der Waals surface area contributed by atoms with Gasteiger partial charge in [-0.25, -0.2) is 0 Å². The first-order valence-electron chi connectivity index (χ1n) is 48.9. The van der Waals surface area contributed by atoms with E-state index < -0.39 is 88.8 Å². The van der Waals surface area contributed by atoms with Crippen LogP contribution in [0.5, 0.6) is 11.5 Å². The van der Waals surface area contributed by atoms with Crippen LogP contribution >= 0.6 is 0 Å². The van der Waals surface area contributed by atoms with Crippen LogP contribution < -0.4 is 38.9 Å². The second-order valence-corrected chi connectivity index (χ2v) is 38.4. The number of amides is 4. The summed E-state index contributed by atoms with van der Waals surface area (Å²) in [6.07, 6.45) is -3.29. The maximum Gasteiger partial charge on any atom is 0.573 e. The summed E-state index contributed by atoms with van der Waals surface area (Å²) >= 11 is 0. The van der Waals surface area contributed by atoms with Gasteiger partial charge in [0.05, 0.1) is 88.6 Å². The monoisotopic (exact) mass is 2010 g/mol. The van der Waals surface area contributed by atoms with Gasteiger partial charge in [0.2, 0.25) is 0 Å². The van der Waals surface area contributed by atoms with Crippen molar-refractivity contribution in [1.82, 2.24) is 45.4 Å². The zero-order valence-corrected chi connectivity index (χ0v) is 85.0. The molecule has 33 heteroatoms. The number of carbonyl (C=O) groups excluding carboxylic acids is 8. The molecule has 6 fully saturated rings. The highest BCUT2D eigenvalue weighted by molar-refractivity contribution is 6.54. The standard InChI is InChI=1S/C31H34N4O5.C30H33N5O3.C29H30N2O3.C25H21F3N4O4/c1-20(2)22-5-7-24(8-6-22)29(36)27-28(35(31(38)30(27)37)26-13-4-21(3)32-33-26)23-9-11-25(12-10-23)40-19-16-34-14-17-39-18-15-34;1-19(2)21-6-8-23(9-7-21)28(36)26-27(35(30(38)29(26)37)25-14-5-20(3)31-32-25)22-10-12-24(13-11-22)34-17-15-33(4)16-18-34;1-17(2)20-7-11-22(12-8-20)26-25(27(32)23-13-9-21(10-14-23)18(3)4)28(33)29(34)31(26)24-15-6-19(5)30-16-24;1-14-4-13-19(30-29-14)32-21(15-7-11-18(12-8-15)36-25(26,27)28)20(23(34)24(32)35)22(33)16-5-9-17(10-6-16)31(2)3/h4-13,20,28,36H,14-19H2,1-3H3;5-14,19,27,36H,15-18H2,1-4H3;6-18,26,32H,1-5H3;4-13,21,33H,1-3H3. The first-order chi connectivity index (χ1) is 70.7. The van der Waals surface area contributed by atoms with Crippen LogP contribution in [0, 0.1) is 27.7 Å². The number of piperazine rings is 1. The summed E-state index contributed by atoms with van der Waals surface area (Å²) in [5.74, 6) is -5.28. The van der Waals surface area contributed by atoms with E-state index in [1.54, 1.807) is 130 Å². The van der Waals surface area contributed by atoms with Crippen LogP contribution in [0.2, 0.25) is 0 Å². The molecule has 18 rings (SSSR count). The molecule has 10 heterocycles. The summed E-state index contributed by atoms with van der Waals surface area (Å²) in [6, 6.07) is 66.5. The van der Waals surface area contributed by atoms with Gasteiger partial charge in [0.1, 0.15) is 41.1 Å². The molecule has 4 N–H and O–H groups in total. The number of nitrogens with zero attached hydrogens (tertiary/aromatic N) is 15. The van der Waals surface area contributed by atoms with E-state index in [1.807, 2.05) is 135 Å². The van der Waals surface area contributed by atoms with Gasteiger partial charge in [-0.2, -0.15) is 15.3 Å². The number of aliphatic hydroxyl groups is 4. The van der Waals surface area contributed by atoms with Crippen LogP contribution in [0.4, 0.5) is 47.7 Å². The molecule has 6 saturated heterocycles. The highest BCUT2D eigenvalue weighted by Gasteiger charge is 2.52. The van der Waals surface area contributed by atoms with Crippen molar-refractivity contribution in [2.45, 2.75) is 137 Å². The number of aromatic nitrogens is 7. The highest BCUT2D eigenvalue weighted by Crippen LogP contribution is 2.48. The van der Waals surface area contributed by atoms with E-state index in [-0.39, 0.29) is 68.2 Å². The Morgan fingerprint density at radius 3 is 0.993 bits per heavy atom. The number of hydrogen-bond acceptors (Lipinski definition) is 26. The van der Waals surface area contributed by atoms with Gasteiger partial charge in [0.15, 0.2) is 17.5 Å². The lowest BCUT2D eigenvalue weighted by Gasteiger charge is -2.34. The molecule has 0 radical (unpaired) electrons. The number of hydrogen-bond donors (Lipinski definition) is 4. The first-order valence-corrected chi connectivity index (χ1v) is 48.9. The number of likely N-dealkylation sites (N-methyl/N-ethyl adjacent to an activating group) is 1. The van der Waals surface area contributed by atoms with E-state index >= 15 is 0 Å². The second kappa shape index (κ2) is 46.0. The Hall–Kier alpha value is -16.3. The lowest BCUT2D eigenvalue weighted by Crippen LogP contribution is -2.44. The fraction of sp³-hybridized carbons (Fsp3) is 0.296. The van der Waals surface area contributed by atoms with Gasteiger partial charge in [-0.05, 0) is 212 Å². The molecular weight excluding hydrogens is 1890 g/mol. The van der Waals surface area contributed by atoms with Crippen molar-refractivity contribution in [3.63, 3.8) is 0 Å². The summed E-state index contributed by atoms with van der Waals surface area (Å²) in [4.78, 5) is 124. The third kappa shape index (κ3) is 23.8. The normalized spacial score (nSPS) is 18.7. The van der Waals surface area contributed by atoms with Gasteiger partial charge in [-0.15, -0.1) is 28.5 Å². The molecule has 6 aliphatic rings. The van der Waals surface area contributed by atoms with E-state index in [0.29, 0.717) is 86.6 Å². The zero-order chi connectivity index (χ0) is 106. The Kier molecular flexibility index (Phi) is 32.9. The third-order valence-electron chi connectivity index (χ3n) is 26.7. The predicted octanol–water partition coefficient (Wildman–Crippen LogP) is 19.2. The van der Waals surface area contributed by atoms with Crippen LogP contribution in [0.25, 0.3) is 23.0 Å². The number of benzene rings is 8. The number of alkyl halides is 3. The predicted molar refractivity (Wildman–Crippen MR) is 560 cm³/mol. The molecule has 4 unspecified atom stereocenters. The maximum absolute atomic E-state index is 13.4. The number of Topliss-reactive ketones (excluding diaryl/α,β-unsaturated/α-hetero) is 4. The molecule has 30 nitrogen and oxygen atoms in total. The SMILES string of the molecule is Cc1ccc(N2C(=O)C(=O)C(=C(O)c3ccc(C(C)C)cc3)C2c2ccc(C(C)C)cc2)cn1.Cc1ccc(N2C(=O)C(=O)C(=C(O)c3ccc(C(C)C)cc3)C2c2ccc(N3CCN(C)CC3)cc2)nn1.Cc1ccc(N2C(=O)C(=O)C(=C(O)c3ccc(C(C)C)cc3)C2c2ccc(OCCN3CCOCC3)cc2)nn1.Cc1ccc(N2C(=O)C(=O)C(=C(O)c3ccc(N(C)C)cc3)C2c2ccc(OC(F)(F)F)cc2)nn1. The number of anilines is 6. The van der Waals surface area contributed by atoms with Crippen molar-refractivity contribution in [3.8, 4) is 11.5 Å². The minimum atomic E-state index is -4.88. The molecular formula is C115H118F3N15O15. The second-order valence-electron chi connectivity index (χ2n) is 38.4. The summed E-state index contributed by atoms with van der Waals surface area (Å²) in [6.45, 7) is 32.3. The van der Waals surface area contributed by atoms with Crippen LogP contribution in [-0.4, -0.2) is 206 Å². The van der Waals surface area contributed by atoms with E-state index in [0.717, 1.165) is 121 Å². The first kappa shape index (κ1) is 106. The van der Waals surface area contributed by atoms with Crippen molar-refractivity contribution in [2.75, 3.05) is 116 Å². The minimum absolute atomic E-state index is 0.00524.